The van der Waals surface area contributed by atoms with Crippen LogP contribution in [0, 0.1) is 0 Å². The van der Waals surface area contributed by atoms with Crippen molar-refractivity contribution in [3.8, 4) is 11.3 Å². The molecular formula is C14H11BrClN3O2S2. The van der Waals surface area contributed by atoms with Crippen molar-refractivity contribution in [2.24, 2.45) is 7.05 Å². The van der Waals surface area contributed by atoms with E-state index in [9.17, 15) is 8.42 Å². The average Bonchev–Trinajstić information content (AvgIpc) is 3.05. The minimum absolute atomic E-state index is 0.176. The van der Waals surface area contributed by atoms with E-state index in [2.05, 4.69) is 25.8 Å². The number of hydrogen-bond acceptors (Lipinski definition) is 4. The summed E-state index contributed by atoms with van der Waals surface area (Å²) in [5.41, 5.74) is 2.19. The van der Waals surface area contributed by atoms with E-state index in [0.29, 0.717) is 10.0 Å². The van der Waals surface area contributed by atoms with Crippen LogP contribution in [0.25, 0.3) is 11.3 Å². The number of halogens is 2. The lowest BCUT2D eigenvalue weighted by Gasteiger charge is -2.09. The Labute approximate surface area is 151 Å². The van der Waals surface area contributed by atoms with E-state index in [1.54, 1.807) is 35.1 Å². The van der Waals surface area contributed by atoms with Gasteiger partial charge in [-0.2, -0.15) is 5.10 Å². The zero-order valence-corrected chi connectivity index (χ0v) is 15.8. The van der Waals surface area contributed by atoms with Gasteiger partial charge in [-0.25, -0.2) is 8.42 Å². The third-order valence-electron chi connectivity index (χ3n) is 3.10. The van der Waals surface area contributed by atoms with Gasteiger partial charge in [0.15, 0.2) is 0 Å². The van der Waals surface area contributed by atoms with Crippen LogP contribution >= 0.6 is 38.9 Å². The number of nitrogens with zero attached hydrogens (tertiary/aromatic N) is 2. The zero-order valence-electron chi connectivity index (χ0n) is 11.8. The Morgan fingerprint density at radius 1 is 1.30 bits per heavy atom. The summed E-state index contributed by atoms with van der Waals surface area (Å²) in [6, 6.07) is 10.2. The molecule has 0 unspecified atom stereocenters. The van der Waals surface area contributed by atoms with Crippen molar-refractivity contribution < 1.29 is 8.42 Å². The fraction of sp³-hybridized carbons (Fsp3) is 0.0714. The summed E-state index contributed by atoms with van der Waals surface area (Å²) < 4.78 is 30.5. The lowest BCUT2D eigenvalue weighted by atomic mass is 10.1. The van der Waals surface area contributed by atoms with Crippen molar-refractivity contribution in [3.63, 3.8) is 0 Å². The number of benzene rings is 1. The number of hydrogen-bond donors (Lipinski definition) is 1. The SMILES string of the molecule is Cn1ncc(Br)c1-c1cccc(NS(=O)(=O)c2ccc(Cl)s2)c1. The quantitative estimate of drug-likeness (QED) is 0.666. The van der Waals surface area contributed by atoms with Gasteiger partial charge in [0.05, 0.1) is 20.7 Å². The van der Waals surface area contributed by atoms with E-state index < -0.39 is 10.0 Å². The highest BCUT2D eigenvalue weighted by atomic mass is 79.9. The molecule has 0 aliphatic rings. The zero-order chi connectivity index (χ0) is 16.6. The van der Waals surface area contributed by atoms with Crippen molar-refractivity contribution in [3.05, 3.63) is 51.4 Å². The molecule has 0 saturated heterocycles. The third kappa shape index (κ3) is 3.45. The summed E-state index contributed by atoms with van der Waals surface area (Å²) in [7, 11) is -1.82. The number of sulfonamides is 1. The summed E-state index contributed by atoms with van der Waals surface area (Å²) in [5.74, 6) is 0. The highest BCUT2D eigenvalue weighted by molar-refractivity contribution is 9.10. The molecule has 0 radical (unpaired) electrons. The maximum Gasteiger partial charge on any atom is 0.271 e. The lowest BCUT2D eigenvalue weighted by molar-refractivity contribution is 0.603. The second-order valence-corrected chi connectivity index (χ2v) is 9.19. The number of aryl methyl sites for hydroxylation is 1. The number of aromatic nitrogens is 2. The Balaban J connectivity index is 1.95. The Morgan fingerprint density at radius 2 is 2.09 bits per heavy atom. The van der Waals surface area contributed by atoms with Gasteiger partial charge in [0.25, 0.3) is 10.0 Å². The molecule has 0 bridgehead atoms. The van der Waals surface area contributed by atoms with Gasteiger partial charge < -0.3 is 0 Å². The van der Waals surface area contributed by atoms with Gasteiger partial charge >= 0.3 is 0 Å². The van der Waals surface area contributed by atoms with Crippen molar-refractivity contribution in [2.45, 2.75) is 4.21 Å². The minimum atomic E-state index is -3.65. The van der Waals surface area contributed by atoms with Crippen LogP contribution in [0.2, 0.25) is 4.34 Å². The standard InChI is InChI=1S/C14H11BrClN3O2S2/c1-19-14(11(15)8-17-19)9-3-2-4-10(7-9)18-23(20,21)13-6-5-12(16)22-13/h2-8,18H,1H3. The Hall–Kier alpha value is -1.35. The molecule has 5 nitrogen and oxygen atoms in total. The van der Waals surface area contributed by atoms with Gasteiger partial charge in [0.1, 0.15) is 4.21 Å². The normalized spacial score (nSPS) is 11.6. The first kappa shape index (κ1) is 16.5. The molecule has 0 saturated carbocycles. The maximum absolute atomic E-state index is 12.4. The largest absolute Gasteiger partial charge is 0.279 e. The van der Waals surface area contributed by atoms with E-state index in [-0.39, 0.29) is 4.21 Å². The van der Waals surface area contributed by atoms with Crippen LogP contribution in [0.5, 0.6) is 0 Å². The number of anilines is 1. The first-order valence-electron chi connectivity index (χ1n) is 6.43. The molecule has 23 heavy (non-hydrogen) atoms. The molecule has 0 amide bonds. The second-order valence-electron chi connectivity index (χ2n) is 4.71. The van der Waals surface area contributed by atoms with Crippen molar-refractivity contribution >= 4 is 54.6 Å². The average molecular weight is 433 g/mol. The van der Waals surface area contributed by atoms with Gasteiger partial charge in [-0.05, 0) is 40.2 Å². The molecule has 3 aromatic rings. The number of thiophene rings is 1. The summed E-state index contributed by atoms with van der Waals surface area (Å²) >= 11 is 10.3. The molecule has 0 atom stereocenters. The molecule has 9 heteroatoms. The van der Waals surface area contributed by atoms with E-state index in [4.69, 9.17) is 11.6 Å². The van der Waals surface area contributed by atoms with Gasteiger partial charge in [0, 0.05) is 18.3 Å². The van der Waals surface area contributed by atoms with Crippen LogP contribution in [0.15, 0.2) is 51.3 Å². The first-order chi connectivity index (χ1) is 10.9. The molecule has 2 heterocycles. The molecule has 0 spiro atoms. The topological polar surface area (TPSA) is 64.0 Å². The summed E-state index contributed by atoms with van der Waals surface area (Å²) in [6.45, 7) is 0. The van der Waals surface area contributed by atoms with Crippen LogP contribution in [-0.2, 0) is 17.1 Å². The van der Waals surface area contributed by atoms with E-state index in [1.165, 1.54) is 6.07 Å². The van der Waals surface area contributed by atoms with Crippen LogP contribution in [0.1, 0.15) is 0 Å². The molecule has 2 aromatic heterocycles. The monoisotopic (exact) mass is 431 g/mol. The fourth-order valence-corrected chi connectivity index (χ4v) is 5.22. The van der Waals surface area contributed by atoms with E-state index in [1.807, 2.05) is 13.1 Å². The Morgan fingerprint density at radius 3 is 2.70 bits per heavy atom. The van der Waals surface area contributed by atoms with E-state index >= 15 is 0 Å². The van der Waals surface area contributed by atoms with Crippen LogP contribution < -0.4 is 4.72 Å². The van der Waals surface area contributed by atoms with Crippen molar-refractivity contribution in [1.82, 2.24) is 9.78 Å². The molecule has 120 valence electrons. The third-order valence-corrected chi connectivity index (χ3v) is 6.78. The summed E-state index contributed by atoms with van der Waals surface area (Å²) in [5, 5.41) is 4.17. The number of nitrogens with one attached hydrogen (secondary N) is 1. The number of rotatable bonds is 4. The molecule has 0 fully saturated rings. The molecule has 1 aromatic carbocycles. The predicted octanol–water partition coefficient (Wildman–Crippen LogP) is 4.37. The Bertz CT molecular complexity index is 947. The lowest BCUT2D eigenvalue weighted by Crippen LogP contribution is -2.11. The van der Waals surface area contributed by atoms with Crippen LogP contribution in [-0.4, -0.2) is 18.2 Å². The van der Waals surface area contributed by atoms with Crippen LogP contribution in [0.3, 0.4) is 0 Å². The van der Waals surface area contributed by atoms with Gasteiger partial charge in [-0.1, -0.05) is 23.7 Å². The summed E-state index contributed by atoms with van der Waals surface area (Å²) in [4.78, 5) is 0. The Kier molecular flexibility index (Phi) is 4.50. The van der Waals surface area contributed by atoms with E-state index in [0.717, 1.165) is 27.1 Å². The molecule has 0 aliphatic carbocycles. The van der Waals surface area contributed by atoms with Gasteiger partial charge in [-0.3, -0.25) is 9.40 Å². The van der Waals surface area contributed by atoms with Gasteiger partial charge in [-0.15, -0.1) is 11.3 Å². The predicted molar refractivity (Wildman–Crippen MR) is 96.5 cm³/mol. The molecule has 3 rings (SSSR count). The first-order valence-corrected chi connectivity index (χ1v) is 9.90. The highest BCUT2D eigenvalue weighted by Gasteiger charge is 2.17. The highest BCUT2D eigenvalue weighted by Crippen LogP contribution is 2.31. The smallest absolute Gasteiger partial charge is 0.271 e. The summed E-state index contributed by atoms with van der Waals surface area (Å²) in [6.07, 6.45) is 1.69. The maximum atomic E-state index is 12.4. The second kappa shape index (κ2) is 6.27. The van der Waals surface area contributed by atoms with Crippen molar-refractivity contribution in [2.75, 3.05) is 4.72 Å². The molecule has 1 N–H and O–H groups in total. The molecule has 0 aliphatic heterocycles. The fourth-order valence-electron chi connectivity index (χ4n) is 2.11. The van der Waals surface area contributed by atoms with Crippen molar-refractivity contribution in [1.29, 1.82) is 0 Å². The van der Waals surface area contributed by atoms with Gasteiger partial charge in [0.2, 0.25) is 0 Å². The van der Waals surface area contributed by atoms with Crippen LogP contribution in [0.4, 0.5) is 5.69 Å². The minimum Gasteiger partial charge on any atom is -0.279 e. The molecular weight excluding hydrogens is 422 g/mol.